The summed E-state index contributed by atoms with van der Waals surface area (Å²) in [6.45, 7) is 2.17. The fourth-order valence-corrected chi connectivity index (χ4v) is 2.76. The molecule has 3 heteroatoms. The summed E-state index contributed by atoms with van der Waals surface area (Å²) in [5.74, 6) is 0.417. The lowest BCUT2D eigenvalue weighted by Gasteiger charge is -2.49. The molecule has 0 aromatic heterocycles. The highest BCUT2D eigenvalue weighted by molar-refractivity contribution is 5.90. The first-order valence-corrected chi connectivity index (χ1v) is 5.74. The number of hydrogen-bond acceptors (Lipinski definition) is 2. The van der Waals surface area contributed by atoms with E-state index in [2.05, 4.69) is 17.4 Å². The molecule has 1 spiro atoms. The van der Waals surface area contributed by atoms with Crippen LogP contribution in [-0.2, 0) is 9.53 Å². The maximum atomic E-state index is 11.8. The van der Waals surface area contributed by atoms with Gasteiger partial charge in [-0.2, -0.15) is 0 Å². The average molecular weight is 217 g/mol. The van der Waals surface area contributed by atoms with Crippen molar-refractivity contribution in [2.45, 2.75) is 12.3 Å². The number of ether oxygens (including phenoxy) is 1. The summed E-state index contributed by atoms with van der Waals surface area (Å²) in [5.41, 5.74) is 1.02. The molecule has 2 aliphatic rings. The smallest absolute Gasteiger partial charge is 0.228 e. The van der Waals surface area contributed by atoms with Crippen LogP contribution < -0.4 is 5.32 Å². The fraction of sp³-hybridized carbons (Fsp3) is 0.462. The lowest BCUT2D eigenvalue weighted by atomic mass is 9.64. The van der Waals surface area contributed by atoms with Crippen LogP contribution in [0.25, 0.3) is 0 Å². The van der Waals surface area contributed by atoms with Crippen molar-refractivity contribution >= 4 is 5.91 Å². The highest BCUT2D eigenvalue weighted by atomic mass is 16.5. The summed E-state index contributed by atoms with van der Waals surface area (Å²) in [7, 11) is 0. The van der Waals surface area contributed by atoms with Gasteiger partial charge in [-0.3, -0.25) is 4.79 Å². The minimum atomic E-state index is -0.195. The van der Waals surface area contributed by atoms with Crippen LogP contribution in [0.5, 0.6) is 0 Å². The average Bonchev–Trinajstić information content (AvgIpc) is 2.38. The van der Waals surface area contributed by atoms with E-state index in [1.807, 2.05) is 18.2 Å². The summed E-state index contributed by atoms with van der Waals surface area (Å²) in [6, 6.07) is 10.2. The Morgan fingerprint density at radius 3 is 2.75 bits per heavy atom. The fourth-order valence-electron chi connectivity index (χ4n) is 2.76. The van der Waals surface area contributed by atoms with E-state index in [1.165, 1.54) is 5.56 Å². The number of benzene rings is 1. The zero-order valence-corrected chi connectivity index (χ0v) is 9.11. The second-order valence-corrected chi connectivity index (χ2v) is 4.63. The van der Waals surface area contributed by atoms with Crippen molar-refractivity contribution in [3.63, 3.8) is 0 Å². The van der Waals surface area contributed by atoms with Gasteiger partial charge in [-0.25, -0.2) is 0 Å². The van der Waals surface area contributed by atoms with Gasteiger partial charge in [0.1, 0.15) is 0 Å². The first kappa shape index (κ1) is 9.85. The molecule has 1 unspecified atom stereocenters. The molecule has 1 aromatic carbocycles. The summed E-state index contributed by atoms with van der Waals surface area (Å²) in [4.78, 5) is 11.8. The molecular weight excluding hydrogens is 202 g/mol. The Bertz CT molecular complexity index is 404. The molecule has 1 aromatic rings. The van der Waals surface area contributed by atoms with E-state index < -0.39 is 0 Å². The molecular formula is C13H15NO2. The molecule has 0 radical (unpaired) electrons. The van der Waals surface area contributed by atoms with Gasteiger partial charge in [0, 0.05) is 19.1 Å². The molecule has 0 saturated carbocycles. The first-order chi connectivity index (χ1) is 7.83. The molecule has 84 valence electrons. The van der Waals surface area contributed by atoms with Crippen LogP contribution in [0.15, 0.2) is 30.3 Å². The SMILES string of the molecule is O=C1NCC12CCOC[C@H]2c1ccccc1. The number of carbonyl (C=O) groups is 1. The summed E-state index contributed by atoms with van der Waals surface area (Å²) < 4.78 is 5.54. The van der Waals surface area contributed by atoms with Crippen molar-refractivity contribution in [3.8, 4) is 0 Å². The molecule has 2 fully saturated rings. The lowest BCUT2D eigenvalue weighted by molar-refractivity contribution is -0.150. The molecule has 2 saturated heterocycles. The second kappa shape index (κ2) is 3.59. The Morgan fingerprint density at radius 1 is 1.31 bits per heavy atom. The van der Waals surface area contributed by atoms with Gasteiger partial charge in [0.2, 0.25) is 5.91 Å². The summed E-state index contributed by atoms with van der Waals surface area (Å²) >= 11 is 0. The van der Waals surface area contributed by atoms with E-state index >= 15 is 0 Å². The Morgan fingerprint density at radius 2 is 2.12 bits per heavy atom. The van der Waals surface area contributed by atoms with E-state index in [-0.39, 0.29) is 17.2 Å². The van der Waals surface area contributed by atoms with E-state index in [9.17, 15) is 4.79 Å². The van der Waals surface area contributed by atoms with Crippen LogP contribution in [0.4, 0.5) is 0 Å². The van der Waals surface area contributed by atoms with Crippen molar-refractivity contribution in [2.75, 3.05) is 19.8 Å². The highest BCUT2D eigenvalue weighted by Gasteiger charge is 2.53. The third-order valence-corrected chi connectivity index (χ3v) is 3.86. The maximum Gasteiger partial charge on any atom is 0.228 e. The van der Waals surface area contributed by atoms with Crippen LogP contribution in [0, 0.1) is 5.41 Å². The number of hydrogen-bond donors (Lipinski definition) is 1. The van der Waals surface area contributed by atoms with Crippen LogP contribution >= 0.6 is 0 Å². The van der Waals surface area contributed by atoms with E-state index in [1.54, 1.807) is 0 Å². The van der Waals surface area contributed by atoms with Crippen molar-refractivity contribution < 1.29 is 9.53 Å². The number of carbonyl (C=O) groups excluding carboxylic acids is 1. The molecule has 2 heterocycles. The third-order valence-electron chi connectivity index (χ3n) is 3.86. The van der Waals surface area contributed by atoms with Gasteiger partial charge in [0.05, 0.1) is 12.0 Å². The van der Waals surface area contributed by atoms with Gasteiger partial charge in [-0.15, -0.1) is 0 Å². The standard InChI is InChI=1S/C13H15NO2/c15-12-13(9-14-12)6-7-16-8-11(13)10-4-2-1-3-5-10/h1-5,11H,6-9H2,(H,14,15)/t11-,13?/m0/s1. The molecule has 1 N–H and O–H groups in total. The zero-order valence-electron chi connectivity index (χ0n) is 9.11. The molecule has 1 amide bonds. The van der Waals surface area contributed by atoms with Crippen molar-refractivity contribution in [1.82, 2.24) is 5.32 Å². The number of nitrogens with one attached hydrogen (secondary N) is 1. The first-order valence-electron chi connectivity index (χ1n) is 5.74. The maximum absolute atomic E-state index is 11.8. The predicted octanol–water partition coefficient (Wildman–Crippen LogP) is 1.31. The Kier molecular flexibility index (Phi) is 2.21. The van der Waals surface area contributed by atoms with E-state index in [0.717, 1.165) is 13.0 Å². The van der Waals surface area contributed by atoms with Gasteiger partial charge in [0.15, 0.2) is 0 Å². The largest absolute Gasteiger partial charge is 0.381 e. The molecule has 3 rings (SSSR count). The van der Waals surface area contributed by atoms with E-state index in [0.29, 0.717) is 13.2 Å². The molecule has 0 bridgehead atoms. The number of β-lactam (4-membered cyclic amide) rings is 1. The minimum Gasteiger partial charge on any atom is -0.381 e. The van der Waals surface area contributed by atoms with Crippen LogP contribution in [0.1, 0.15) is 17.9 Å². The van der Waals surface area contributed by atoms with Crippen molar-refractivity contribution in [1.29, 1.82) is 0 Å². The lowest BCUT2D eigenvalue weighted by Crippen LogP contribution is -2.64. The molecule has 2 atom stereocenters. The normalized spacial score (nSPS) is 33.2. The zero-order chi connectivity index (χ0) is 11.0. The monoisotopic (exact) mass is 217 g/mol. The van der Waals surface area contributed by atoms with Crippen molar-refractivity contribution in [2.24, 2.45) is 5.41 Å². The van der Waals surface area contributed by atoms with Crippen molar-refractivity contribution in [3.05, 3.63) is 35.9 Å². The summed E-state index contributed by atoms with van der Waals surface area (Å²) in [5, 5.41) is 2.87. The summed E-state index contributed by atoms with van der Waals surface area (Å²) in [6.07, 6.45) is 0.846. The number of rotatable bonds is 1. The van der Waals surface area contributed by atoms with Gasteiger partial charge in [0.25, 0.3) is 0 Å². The Labute approximate surface area is 94.8 Å². The topological polar surface area (TPSA) is 38.3 Å². The van der Waals surface area contributed by atoms with Gasteiger partial charge in [-0.05, 0) is 12.0 Å². The minimum absolute atomic E-state index is 0.195. The molecule has 3 nitrogen and oxygen atoms in total. The van der Waals surface area contributed by atoms with Gasteiger partial charge < -0.3 is 10.1 Å². The van der Waals surface area contributed by atoms with E-state index in [4.69, 9.17) is 4.74 Å². The van der Waals surface area contributed by atoms with Crippen LogP contribution in [0.2, 0.25) is 0 Å². The quantitative estimate of drug-likeness (QED) is 0.720. The molecule has 2 aliphatic heterocycles. The van der Waals surface area contributed by atoms with Crippen LogP contribution in [-0.4, -0.2) is 25.7 Å². The third kappa shape index (κ3) is 1.28. The second-order valence-electron chi connectivity index (χ2n) is 4.63. The Hall–Kier alpha value is -1.35. The predicted molar refractivity (Wildman–Crippen MR) is 60.1 cm³/mol. The Balaban J connectivity index is 1.95. The van der Waals surface area contributed by atoms with Gasteiger partial charge in [-0.1, -0.05) is 30.3 Å². The highest BCUT2D eigenvalue weighted by Crippen LogP contribution is 2.45. The van der Waals surface area contributed by atoms with Gasteiger partial charge >= 0.3 is 0 Å². The molecule has 0 aliphatic carbocycles. The molecule has 16 heavy (non-hydrogen) atoms. The number of amides is 1. The van der Waals surface area contributed by atoms with Crippen LogP contribution in [0.3, 0.4) is 0 Å².